The molecule has 0 aliphatic heterocycles. The van der Waals surface area contributed by atoms with Gasteiger partial charge in [-0.2, -0.15) is 0 Å². The predicted octanol–water partition coefficient (Wildman–Crippen LogP) is 3.07. The average Bonchev–Trinajstić information content (AvgIpc) is 2.49. The number of hydrogen-bond donors (Lipinski definition) is 3. The first-order chi connectivity index (χ1) is 10.9. The molecule has 0 atom stereocenters. The normalized spacial score (nSPS) is 10.7. The van der Waals surface area contributed by atoms with Gasteiger partial charge < -0.3 is 14.6 Å². The van der Waals surface area contributed by atoms with E-state index in [0.29, 0.717) is 17.2 Å². The molecule has 0 spiro atoms. The highest BCUT2D eigenvalue weighted by Crippen LogP contribution is 2.38. The van der Waals surface area contributed by atoms with E-state index in [1.807, 2.05) is 0 Å². The molecule has 2 aromatic carbocycles. The number of hydrogen-bond acceptors (Lipinski definition) is 4. The van der Waals surface area contributed by atoms with Gasteiger partial charge in [-0.05, 0) is 54.6 Å². The summed E-state index contributed by atoms with van der Waals surface area (Å²) in [5, 5.41) is 2.61. The summed E-state index contributed by atoms with van der Waals surface area (Å²) in [5.74, 6) is 0.726. The molecule has 0 fully saturated rings. The van der Waals surface area contributed by atoms with E-state index in [1.54, 1.807) is 24.3 Å². The largest absolute Gasteiger partial charge is 0.524 e. The Kier molecular flexibility index (Phi) is 5.18. The fraction of sp³-hybridized carbons (Fsp3) is 0. The van der Waals surface area contributed by atoms with Gasteiger partial charge in [0, 0.05) is 5.69 Å². The van der Waals surface area contributed by atoms with Crippen LogP contribution in [0.15, 0.2) is 61.2 Å². The summed E-state index contributed by atoms with van der Waals surface area (Å²) in [4.78, 5) is 28.6. The summed E-state index contributed by atoms with van der Waals surface area (Å²) < 4.78 is 20.7. The molecule has 1 amide bonds. The third-order valence-electron chi connectivity index (χ3n) is 2.59. The standard InChI is InChI=1S/C15H14NO6P/c1-2-15(17)16-11-3-5-12(6-4-11)21-13-7-9-14(10-8-13)22-23(18,19)20/h2-10H,1H2,(H,16,17)(H2,18,19,20). The second kappa shape index (κ2) is 7.11. The number of nitrogens with one attached hydrogen (secondary N) is 1. The smallest absolute Gasteiger partial charge is 0.457 e. The zero-order valence-corrected chi connectivity index (χ0v) is 12.8. The molecule has 0 saturated carbocycles. The van der Waals surface area contributed by atoms with Crippen LogP contribution < -0.4 is 14.6 Å². The lowest BCUT2D eigenvalue weighted by molar-refractivity contribution is -0.111. The van der Waals surface area contributed by atoms with Crippen molar-refractivity contribution in [2.45, 2.75) is 0 Å². The summed E-state index contributed by atoms with van der Waals surface area (Å²) in [6, 6.07) is 12.5. The molecule has 23 heavy (non-hydrogen) atoms. The Bertz CT molecular complexity index is 736. The highest BCUT2D eigenvalue weighted by atomic mass is 31.2. The first-order valence-corrected chi connectivity index (χ1v) is 7.95. The number of ether oxygens (including phenoxy) is 1. The van der Waals surface area contributed by atoms with Crippen LogP contribution in [0.1, 0.15) is 0 Å². The molecule has 8 heteroatoms. The van der Waals surface area contributed by atoms with Crippen LogP contribution >= 0.6 is 7.82 Å². The highest BCUT2D eigenvalue weighted by molar-refractivity contribution is 7.46. The van der Waals surface area contributed by atoms with Gasteiger partial charge in [0.25, 0.3) is 0 Å². The molecule has 120 valence electrons. The SMILES string of the molecule is C=CC(=O)Nc1ccc(Oc2ccc(OP(=O)(O)O)cc2)cc1. The number of phosphoric ester groups is 1. The Morgan fingerprint density at radius 3 is 1.96 bits per heavy atom. The molecule has 2 aromatic rings. The van der Waals surface area contributed by atoms with Crippen molar-refractivity contribution in [3.8, 4) is 17.2 Å². The predicted molar refractivity (Wildman–Crippen MR) is 84.5 cm³/mol. The molecule has 0 aliphatic rings. The molecule has 0 saturated heterocycles. The fourth-order valence-electron chi connectivity index (χ4n) is 1.64. The van der Waals surface area contributed by atoms with E-state index in [4.69, 9.17) is 14.5 Å². The Labute approximate surface area is 132 Å². The lowest BCUT2D eigenvalue weighted by Crippen LogP contribution is -2.06. The van der Waals surface area contributed by atoms with E-state index in [9.17, 15) is 9.36 Å². The molecular formula is C15H14NO6P. The van der Waals surface area contributed by atoms with E-state index >= 15 is 0 Å². The van der Waals surface area contributed by atoms with E-state index in [-0.39, 0.29) is 11.7 Å². The quantitative estimate of drug-likeness (QED) is 0.553. The van der Waals surface area contributed by atoms with Crippen LogP contribution in [0.2, 0.25) is 0 Å². The van der Waals surface area contributed by atoms with Gasteiger partial charge in [0.15, 0.2) is 0 Å². The molecule has 0 bridgehead atoms. The van der Waals surface area contributed by atoms with Crippen LogP contribution in [0.5, 0.6) is 17.2 Å². The van der Waals surface area contributed by atoms with Gasteiger partial charge in [-0.25, -0.2) is 4.57 Å². The number of rotatable bonds is 6. The second-order valence-corrected chi connectivity index (χ2v) is 5.54. The Hall–Kier alpha value is -2.60. The molecule has 7 nitrogen and oxygen atoms in total. The van der Waals surface area contributed by atoms with Crippen molar-refractivity contribution in [2.75, 3.05) is 5.32 Å². The van der Waals surface area contributed by atoms with E-state index in [1.165, 1.54) is 30.3 Å². The van der Waals surface area contributed by atoms with E-state index in [2.05, 4.69) is 16.4 Å². The minimum Gasteiger partial charge on any atom is -0.457 e. The maximum absolute atomic E-state index is 11.2. The van der Waals surface area contributed by atoms with Crippen molar-refractivity contribution < 1.29 is 28.4 Å². The molecular weight excluding hydrogens is 321 g/mol. The number of carbonyl (C=O) groups is 1. The summed E-state index contributed by atoms with van der Waals surface area (Å²) in [7, 11) is -4.57. The van der Waals surface area contributed by atoms with Gasteiger partial charge >= 0.3 is 7.82 Å². The number of benzene rings is 2. The van der Waals surface area contributed by atoms with Crippen molar-refractivity contribution in [3.63, 3.8) is 0 Å². The monoisotopic (exact) mass is 335 g/mol. The van der Waals surface area contributed by atoms with Crippen molar-refractivity contribution >= 4 is 19.4 Å². The highest BCUT2D eigenvalue weighted by Gasteiger charge is 2.15. The number of phosphoric acid groups is 1. The Morgan fingerprint density at radius 2 is 1.48 bits per heavy atom. The van der Waals surface area contributed by atoms with Crippen LogP contribution in [-0.4, -0.2) is 15.7 Å². The summed E-state index contributed by atoms with van der Waals surface area (Å²) >= 11 is 0. The Balaban J connectivity index is 2.00. The fourth-order valence-corrected chi connectivity index (χ4v) is 2.04. The van der Waals surface area contributed by atoms with Crippen molar-refractivity contribution in [3.05, 3.63) is 61.2 Å². The molecule has 0 aliphatic carbocycles. The molecule has 0 radical (unpaired) electrons. The lowest BCUT2D eigenvalue weighted by Gasteiger charge is -2.09. The van der Waals surface area contributed by atoms with Crippen LogP contribution in [0.4, 0.5) is 5.69 Å². The molecule has 0 aromatic heterocycles. The summed E-state index contributed by atoms with van der Waals surface area (Å²) in [6.07, 6.45) is 1.17. The molecule has 0 heterocycles. The third-order valence-corrected chi connectivity index (χ3v) is 3.04. The van der Waals surface area contributed by atoms with Gasteiger partial charge in [0.05, 0.1) is 0 Å². The van der Waals surface area contributed by atoms with E-state index < -0.39 is 7.82 Å². The second-order valence-electron chi connectivity index (χ2n) is 4.37. The van der Waals surface area contributed by atoms with Gasteiger partial charge in [-0.3, -0.25) is 14.6 Å². The van der Waals surface area contributed by atoms with Crippen LogP contribution in [0.25, 0.3) is 0 Å². The van der Waals surface area contributed by atoms with Gasteiger partial charge in [0.2, 0.25) is 5.91 Å². The van der Waals surface area contributed by atoms with Crippen molar-refractivity contribution in [1.29, 1.82) is 0 Å². The van der Waals surface area contributed by atoms with Crippen molar-refractivity contribution in [2.24, 2.45) is 0 Å². The number of carbonyl (C=O) groups excluding carboxylic acids is 1. The summed E-state index contributed by atoms with van der Waals surface area (Å²) in [5.41, 5.74) is 0.604. The number of anilines is 1. The first-order valence-electron chi connectivity index (χ1n) is 6.42. The number of amides is 1. The van der Waals surface area contributed by atoms with Gasteiger partial charge in [0.1, 0.15) is 17.2 Å². The van der Waals surface area contributed by atoms with Crippen LogP contribution in [0, 0.1) is 0 Å². The van der Waals surface area contributed by atoms with Gasteiger partial charge in [-0.15, -0.1) is 0 Å². The zero-order chi connectivity index (χ0) is 16.9. The molecule has 2 rings (SSSR count). The Morgan fingerprint density at radius 1 is 1.00 bits per heavy atom. The molecule has 3 N–H and O–H groups in total. The minimum atomic E-state index is -4.57. The maximum atomic E-state index is 11.2. The topological polar surface area (TPSA) is 105 Å². The van der Waals surface area contributed by atoms with Gasteiger partial charge in [-0.1, -0.05) is 6.58 Å². The van der Waals surface area contributed by atoms with Crippen LogP contribution in [-0.2, 0) is 9.36 Å². The molecule has 0 unspecified atom stereocenters. The van der Waals surface area contributed by atoms with Crippen LogP contribution in [0.3, 0.4) is 0 Å². The summed E-state index contributed by atoms with van der Waals surface area (Å²) in [6.45, 7) is 3.36. The maximum Gasteiger partial charge on any atom is 0.524 e. The zero-order valence-electron chi connectivity index (χ0n) is 11.9. The first kappa shape index (κ1) is 16.8. The van der Waals surface area contributed by atoms with E-state index in [0.717, 1.165) is 0 Å². The average molecular weight is 335 g/mol. The van der Waals surface area contributed by atoms with Crippen molar-refractivity contribution in [1.82, 2.24) is 0 Å². The minimum absolute atomic E-state index is 0.0353. The third kappa shape index (κ3) is 5.60. The lowest BCUT2D eigenvalue weighted by atomic mass is 10.3.